The zero-order valence-corrected chi connectivity index (χ0v) is 14.5. The molecule has 1 aromatic heterocycles. The van der Waals surface area contributed by atoms with Crippen molar-refractivity contribution in [1.82, 2.24) is 9.97 Å². The van der Waals surface area contributed by atoms with E-state index < -0.39 is 56.4 Å². The Labute approximate surface area is 153 Å². The van der Waals surface area contributed by atoms with Crippen LogP contribution in [0.25, 0.3) is 11.0 Å². The van der Waals surface area contributed by atoms with Gasteiger partial charge in [-0.25, -0.2) is 4.98 Å². The van der Waals surface area contributed by atoms with Gasteiger partial charge in [-0.05, 0) is 36.8 Å². The fourth-order valence-electron chi connectivity index (χ4n) is 3.17. The summed E-state index contributed by atoms with van der Waals surface area (Å²) in [5.41, 5.74) is -3.82. The lowest BCUT2D eigenvalue weighted by atomic mass is 10.1. The molecule has 0 radical (unpaired) electrons. The predicted molar refractivity (Wildman–Crippen MR) is 84.9 cm³/mol. The van der Waals surface area contributed by atoms with Crippen LogP contribution >= 0.6 is 11.6 Å². The third-order valence-electron chi connectivity index (χ3n) is 4.52. The number of benzene rings is 1. The van der Waals surface area contributed by atoms with Crippen molar-refractivity contribution in [2.45, 2.75) is 43.8 Å². The minimum Gasteiger partial charge on any atom is -0.487 e. The fraction of sp³-hybridized carbons (Fsp3) is 0.533. The molecule has 148 valence electrons. The van der Waals surface area contributed by atoms with Gasteiger partial charge >= 0.3 is 11.6 Å². The summed E-state index contributed by atoms with van der Waals surface area (Å²) in [5, 5.41) is 7.13. The van der Waals surface area contributed by atoms with E-state index in [1.54, 1.807) is 6.92 Å². The molecule has 1 saturated carbocycles. The van der Waals surface area contributed by atoms with Crippen molar-refractivity contribution in [2.75, 3.05) is 0 Å². The van der Waals surface area contributed by atoms with E-state index in [4.69, 9.17) is 16.3 Å². The number of ether oxygens (including phenoxy) is 1. The molecule has 1 aromatic carbocycles. The van der Waals surface area contributed by atoms with E-state index in [1.165, 1.54) is 0 Å². The molecule has 0 amide bonds. The second-order valence-electron chi connectivity index (χ2n) is 6.40. The van der Waals surface area contributed by atoms with E-state index in [0.29, 0.717) is 6.42 Å². The number of fused-ring (bicyclic) bond motifs is 1. The highest BCUT2D eigenvalue weighted by molar-refractivity contribution is 6.21. The number of hydrogen-bond donors (Lipinski definition) is 1. The maximum Gasteiger partial charge on any atom is 0.420 e. The van der Waals surface area contributed by atoms with E-state index in [0.717, 1.165) is 12.8 Å². The van der Waals surface area contributed by atoms with Gasteiger partial charge in [0.2, 0.25) is 0 Å². The molecule has 1 fully saturated rings. The summed E-state index contributed by atoms with van der Waals surface area (Å²) in [6, 6.07) is 0.244. The number of H-pyrrole nitrogens is 1. The van der Waals surface area contributed by atoms with Gasteiger partial charge in [0.25, 0.3) is 5.69 Å². The van der Waals surface area contributed by atoms with Crippen molar-refractivity contribution in [3.63, 3.8) is 0 Å². The molecule has 1 heterocycles. The van der Waals surface area contributed by atoms with Crippen molar-refractivity contribution in [3.05, 3.63) is 27.6 Å². The molecule has 0 spiro atoms. The van der Waals surface area contributed by atoms with Crippen LogP contribution in [-0.4, -0.2) is 21.0 Å². The van der Waals surface area contributed by atoms with E-state index in [9.17, 15) is 32.1 Å². The molecule has 2 aromatic rings. The summed E-state index contributed by atoms with van der Waals surface area (Å²) in [6.07, 6.45) is -3.65. The number of halogens is 6. The van der Waals surface area contributed by atoms with Crippen LogP contribution in [0.15, 0.2) is 6.07 Å². The SMILES string of the molecule is CC1CCCC1Oc1c(C(F)(F)F)cc([N+](=O)[O-])c2nc(C(F)(F)Cl)[nH]c12. The standard InChI is InChI=1S/C15H13ClF5N3O3/c1-6-3-2-4-9(6)27-12-7(15(19,20)21)5-8(24(25)26)10-11(12)23-13(22-10)14(16,17)18/h5-6,9H,2-4H2,1H3,(H,22,23). The topological polar surface area (TPSA) is 81.1 Å². The quantitative estimate of drug-likeness (QED) is 0.317. The molecular formula is C15H13ClF5N3O3. The van der Waals surface area contributed by atoms with Gasteiger partial charge in [-0.3, -0.25) is 10.1 Å². The summed E-state index contributed by atoms with van der Waals surface area (Å²) in [4.78, 5) is 15.4. The Bertz CT molecular complexity index is 893. The molecule has 2 atom stereocenters. The number of nitrogens with one attached hydrogen (secondary N) is 1. The maximum atomic E-state index is 13.5. The fourth-order valence-corrected chi connectivity index (χ4v) is 3.26. The second-order valence-corrected chi connectivity index (χ2v) is 6.87. The summed E-state index contributed by atoms with van der Waals surface area (Å²) >= 11 is 4.88. The van der Waals surface area contributed by atoms with Gasteiger partial charge in [-0.2, -0.15) is 22.0 Å². The molecule has 27 heavy (non-hydrogen) atoms. The van der Waals surface area contributed by atoms with Crippen LogP contribution in [-0.2, 0) is 11.6 Å². The molecular weight excluding hydrogens is 401 g/mol. The Kier molecular flexibility index (Phi) is 4.69. The summed E-state index contributed by atoms with van der Waals surface area (Å²) < 4.78 is 72.9. The normalized spacial score (nSPS) is 21.0. The lowest BCUT2D eigenvalue weighted by Gasteiger charge is -2.21. The Hall–Kier alpha value is -2.17. The van der Waals surface area contributed by atoms with Gasteiger partial charge in [-0.1, -0.05) is 6.92 Å². The van der Waals surface area contributed by atoms with Crippen molar-refractivity contribution < 1.29 is 31.6 Å². The molecule has 1 N–H and O–H groups in total. The third-order valence-corrected chi connectivity index (χ3v) is 4.70. The number of nitro benzene ring substituents is 1. The molecule has 0 saturated heterocycles. The summed E-state index contributed by atoms with van der Waals surface area (Å²) in [7, 11) is 0. The van der Waals surface area contributed by atoms with E-state index in [1.807, 2.05) is 4.98 Å². The molecule has 1 aliphatic carbocycles. The Morgan fingerprint density at radius 1 is 1.33 bits per heavy atom. The monoisotopic (exact) mass is 413 g/mol. The highest BCUT2D eigenvalue weighted by atomic mass is 35.5. The van der Waals surface area contributed by atoms with Crippen LogP contribution in [0.2, 0.25) is 0 Å². The molecule has 2 unspecified atom stereocenters. The summed E-state index contributed by atoms with van der Waals surface area (Å²) in [5.74, 6) is -2.05. The van der Waals surface area contributed by atoms with Crippen molar-refractivity contribution in [3.8, 4) is 5.75 Å². The Morgan fingerprint density at radius 3 is 2.48 bits per heavy atom. The van der Waals surface area contributed by atoms with Gasteiger partial charge < -0.3 is 9.72 Å². The molecule has 6 nitrogen and oxygen atoms in total. The minimum absolute atomic E-state index is 0.0619. The number of aromatic amines is 1. The molecule has 3 rings (SSSR count). The van der Waals surface area contributed by atoms with Crippen molar-refractivity contribution >= 4 is 28.3 Å². The number of rotatable bonds is 4. The first kappa shape index (κ1) is 19.6. The number of hydrogen-bond acceptors (Lipinski definition) is 4. The van der Waals surface area contributed by atoms with Gasteiger partial charge in [0.15, 0.2) is 17.1 Å². The van der Waals surface area contributed by atoms with Crippen LogP contribution in [0, 0.1) is 16.0 Å². The lowest BCUT2D eigenvalue weighted by Crippen LogP contribution is -2.21. The van der Waals surface area contributed by atoms with Crippen molar-refractivity contribution in [2.24, 2.45) is 5.92 Å². The molecule has 0 bridgehead atoms. The lowest BCUT2D eigenvalue weighted by molar-refractivity contribution is -0.383. The van der Waals surface area contributed by atoms with Crippen LogP contribution in [0.3, 0.4) is 0 Å². The first-order chi connectivity index (χ1) is 12.4. The molecule has 12 heteroatoms. The first-order valence-corrected chi connectivity index (χ1v) is 8.29. The van der Waals surface area contributed by atoms with E-state index >= 15 is 0 Å². The summed E-state index contributed by atoms with van der Waals surface area (Å²) in [6.45, 7) is 1.79. The smallest absolute Gasteiger partial charge is 0.420 e. The van der Waals surface area contributed by atoms with Crippen LogP contribution in [0.4, 0.5) is 27.6 Å². The minimum atomic E-state index is -5.01. The Morgan fingerprint density at radius 2 is 2.00 bits per heavy atom. The van der Waals surface area contributed by atoms with E-state index in [-0.39, 0.29) is 12.0 Å². The number of alkyl halides is 6. The number of nitrogens with zero attached hydrogens (tertiary/aromatic N) is 2. The highest BCUT2D eigenvalue weighted by Crippen LogP contribution is 2.46. The van der Waals surface area contributed by atoms with Gasteiger partial charge in [0, 0.05) is 6.07 Å². The van der Waals surface area contributed by atoms with Crippen LogP contribution in [0.1, 0.15) is 37.6 Å². The average Bonchev–Trinajstić information content (AvgIpc) is 3.12. The molecule has 1 aliphatic rings. The first-order valence-electron chi connectivity index (χ1n) is 7.91. The number of aromatic nitrogens is 2. The van der Waals surface area contributed by atoms with Gasteiger partial charge in [-0.15, -0.1) is 0 Å². The molecule has 0 aliphatic heterocycles. The predicted octanol–water partition coefficient (Wildman–Crippen LogP) is 5.35. The van der Waals surface area contributed by atoms with Crippen LogP contribution in [0.5, 0.6) is 5.75 Å². The highest BCUT2D eigenvalue weighted by Gasteiger charge is 2.42. The largest absolute Gasteiger partial charge is 0.487 e. The second kappa shape index (κ2) is 6.47. The van der Waals surface area contributed by atoms with Crippen LogP contribution < -0.4 is 4.74 Å². The third kappa shape index (κ3) is 3.64. The Balaban J connectivity index is 2.30. The average molecular weight is 414 g/mol. The van der Waals surface area contributed by atoms with E-state index in [2.05, 4.69) is 4.98 Å². The van der Waals surface area contributed by atoms with Crippen molar-refractivity contribution in [1.29, 1.82) is 0 Å². The zero-order valence-electron chi connectivity index (χ0n) is 13.7. The van der Waals surface area contributed by atoms with Gasteiger partial charge in [0.1, 0.15) is 17.2 Å². The zero-order chi connectivity index (χ0) is 20.1. The number of imidazole rings is 1. The maximum absolute atomic E-state index is 13.5. The number of non-ortho nitro benzene ring substituents is 1. The van der Waals surface area contributed by atoms with Gasteiger partial charge in [0.05, 0.1) is 4.92 Å². The number of nitro groups is 1.